The summed E-state index contributed by atoms with van der Waals surface area (Å²) in [7, 11) is 0. The number of amides is 1. The molecule has 0 aliphatic heterocycles. The maximum atomic E-state index is 12.6. The maximum absolute atomic E-state index is 12.6. The zero-order valence-corrected chi connectivity index (χ0v) is 16.9. The summed E-state index contributed by atoms with van der Waals surface area (Å²) in [5.74, 6) is 0.884. The maximum Gasteiger partial charge on any atom is 0.275 e. The van der Waals surface area contributed by atoms with Crippen LogP contribution in [-0.4, -0.2) is 12.5 Å². The molecular weight excluding hydrogens is 360 g/mol. The number of rotatable bonds is 7. The van der Waals surface area contributed by atoms with E-state index in [1.165, 1.54) is 36.0 Å². The topological polar surface area (TPSA) is 58.9 Å². The van der Waals surface area contributed by atoms with Crippen molar-refractivity contribution in [3.05, 3.63) is 94.9 Å². The lowest BCUT2D eigenvalue weighted by molar-refractivity contribution is -0.678. The number of benzene rings is 2. The van der Waals surface area contributed by atoms with Crippen molar-refractivity contribution in [3.8, 4) is 0 Å². The number of hydrogen-bond acceptors (Lipinski definition) is 2. The van der Waals surface area contributed by atoms with Crippen molar-refractivity contribution >= 4 is 5.91 Å². The standard InChI is InChI=1S/C25H28N2O2/c1-18(21-14-13-19-8-5-6-11-22(19)16-21)27-24(28)17-26-25(23-12-7-15-29-23)20-9-3-2-4-10-20/h2-4,7,9-10,12-16,18,25-26H,5-6,8,11,17H2,1H3,(H,27,28)/p+1/t18-,25+/m1/s1. The van der Waals surface area contributed by atoms with Crippen molar-refractivity contribution in [2.75, 3.05) is 6.54 Å². The third-order valence-corrected chi connectivity index (χ3v) is 5.80. The van der Waals surface area contributed by atoms with E-state index in [4.69, 9.17) is 4.42 Å². The highest BCUT2D eigenvalue weighted by molar-refractivity contribution is 5.77. The normalized spacial score (nSPS) is 15.3. The van der Waals surface area contributed by atoms with E-state index in [9.17, 15) is 4.79 Å². The molecule has 29 heavy (non-hydrogen) atoms. The molecular formula is C25H29N2O2+. The molecule has 2 atom stereocenters. The van der Waals surface area contributed by atoms with Gasteiger partial charge in [-0.05, 0) is 61.4 Å². The Morgan fingerprint density at radius 2 is 1.79 bits per heavy atom. The van der Waals surface area contributed by atoms with Crippen LogP contribution >= 0.6 is 0 Å². The Morgan fingerprint density at radius 1 is 1.00 bits per heavy atom. The highest BCUT2D eigenvalue weighted by Gasteiger charge is 2.22. The molecule has 0 fully saturated rings. The van der Waals surface area contributed by atoms with E-state index >= 15 is 0 Å². The van der Waals surface area contributed by atoms with Crippen LogP contribution in [0.5, 0.6) is 0 Å². The minimum atomic E-state index is -0.0315. The van der Waals surface area contributed by atoms with Crippen LogP contribution in [-0.2, 0) is 17.6 Å². The van der Waals surface area contributed by atoms with Gasteiger partial charge < -0.3 is 15.1 Å². The van der Waals surface area contributed by atoms with Crippen molar-refractivity contribution in [1.29, 1.82) is 0 Å². The molecule has 150 valence electrons. The predicted molar refractivity (Wildman–Crippen MR) is 113 cm³/mol. The summed E-state index contributed by atoms with van der Waals surface area (Å²) in [5, 5.41) is 5.19. The van der Waals surface area contributed by atoms with Gasteiger partial charge in [0.05, 0.1) is 12.3 Å². The average molecular weight is 390 g/mol. The van der Waals surface area contributed by atoms with E-state index in [-0.39, 0.29) is 18.0 Å². The lowest BCUT2D eigenvalue weighted by Crippen LogP contribution is -2.87. The molecule has 0 spiro atoms. The Morgan fingerprint density at radius 3 is 2.55 bits per heavy atom. The molecule has 0 bridgehead atoms. The molecule has 4 nitrogen and oxygen atoms in total. The number of quaternary nitrogens is 1. The van der Waals surface area contributed by atoms with E-state index < -0.39 is 0 Å². The van der Waals surface area contributed by atoms with Gasteiger partial charge in [0.15, 0.2) is 18.3 Å². The highest BCUT2D eigenvalue weighted by Crippen LogP contribution is 2.24. The first-order valence-electron chi connectivity index (χ1n) is 10.5. The van der Waals surface area contributed by atoms with Crippen LogP contribution in [0.1, 0.15) is 59.9 Å². The third-order valence-electron chi connectivity index (χ3n) is 5.80. The van der Waals surface area contributed by atoms with Crippen molar-refractivity contribution < 1.29 is 14.5 Å². The Balaban J connectivity index is 1.38. The van der Waals surface area contributed by atoms with Crippen LogP contribution in [0.3, 0.4) is 0 Å². The highest BCUT2D eigenvalue weighted by atomic mass is 16.3. The average Bonchev–Trinajstić information content (AvgIpc) is 3.29. The van der Waals surface area contributed by atoms with Crippen LogP contribution in [0.25, 0.3) is 0 Å². The molecule has 2 aromatic carbocycles. The van der Waals surface area contributed by atoms with E-state index in [1.54, 1.807) is 6.26 Å². The smallest absolute Gasteiger partial charge is 0.275 e. The second-order valence-electron chi connectivity index (χ2n) is 7.87. The predicted octanol–water partition coefficient (Wildman–Crippen LogP) is 3.69. The summed E-state index contributed by atoms with van der Waals surface area (Å²) in [6.45, 7) is 2.40. The second-order valence-corrected chi connectivity index (χ2v) is 7.87. The van der Waals surface area contributed by atoms with E-state index in [2.05, 4.69) is 42.6 Å². The lowest BCUT2D eigenvalue weighted by atomic mass is 9.89. The Bertz CT molecular complexity index is 935. The molecule has 0 radical (unpaired) electrons. The fourth-order valence-electron chi connectivity index (χ4n) is 4.18. The van der Waals surface area contributed by atoms with Crippen molar-refractivity contribution in [2.24, 2.45) is 0 Å². The molecule has 0 saturated heterocycles. The van der Waals surface area contributed by atoms with E-state index in [0.717, 1.165) is 17.7 Å². The summed E-state index contributed by atoms with van der Waals surface area (Å²) in [5.41, 5.74) is 5.22. The number of nitrogens with two attached hydrogens (primary N) is 1. The number of aryl methyl sites for hydroxylation is 2. The molecule has 3 N–H and O–H groups in total. The summed E-state index contributed by atoms with van der Waals surface area (Å²) in [6, 6.07) is 20.6. The number of carbonyl (C=O) groups excluding carboxylic acids is 1. The lowest BCUT2D eigenvalue weighted by Gasteiger charge is -2.20. The quantitative estimate of drug-likeness (QED) is 0.647. The molecule has 0 saturated carbocycles. The minimum absolute atomic E-state index is 0.00177. The number of hydrogen-bond donors (Lipinski definition) is 2. The van der Waals surface area contributed by atoms with Gasteiger partial charge in [0, 0.05) is 5.56 Å². The number of nitrogens with one attached hydrogen (secondary N) is 1. The van der Waals surface area contributed by atoms with Gasteiger partial charge >= 0.3 is 0 Å². The summed E-state index contributed by atoms with van der Waals surface area (Å²) < 4.78 is 5.62. The summed E-state index contributed by atoms with van der Waals surface area (Å²) in [6.07, 6.45) is 6.56. The van der Waals surface area contributed by atoms with E-state index in [1.807, 2.05) is 35.6 Å². The molecule has 1 aliphatic rings. The number of fused-ring (bicyclic) bond motifs is 1. The Labute approximate surface area is 172 Å². The van der Waals surface area contributed by atoms with Gasteiger partial charge in [0.25, 0.3) is 5.91 Å². The van der Waals surface area contributed by atoms with Gasteiger partial charge in [-0.25, -0.2) is 0 Å². The number of furan rings is 1. The van der Waals surface area contributed by atoms with Gasteiger partial charge in [-0.2, -0.15) is 0 Å². The van der Waals surface area contributed by atoms with Crippen molar-refractivity contribution in [3.63, 3.8) is 0 Å². The van der Waals surface area contributed by atoms with Crippen LogP contribution in [0.15, 0.2) is 71.3 Å². The van der Waals surface area contributed by atoms with Crippen LogP contribution < -0.4 is 10.6 Å². The second kappa shape index (κ2) is 9.10. The summed E-state index contributed by atoms with van der Waals surface area (Å²) >= 11 is 0. The molecule has 4 rings (SSSR count). The Hall–Kier alpha value is -2.85. The molecule has 1 heterocycles. The monoisotopic (exact) mass is 389 g/mol. The Kier molecular flexibility index (Phi) is 6.11. The van der Waals surface area contributed by atoms with Crippen molar-refractivity contribution in [1.82, 2.24) is 5.32 Å². The largest absolute Gasteiger partial charge is 0.463 e. The molecule has 0 unspecified atom stereocenters. The SMILES string of the molecule is C[C@@H](NC(=O)C[NH2+][C@@H](c1ccccc1)c1ccco1)c1ccc2c(c1)CCCC2. The molecule has 1 aliphatic carbocycles. The first kappa shape index (κ1) is 19.5. The van der Waals surface area contributed by atoms with Gasteiger partial charge in [-0.3, -0.25) is 4.79 Å². The van der Waals surface area contributed by atoms with Crippen LogP contribution in [0.4, 0.5) is 0 Å². The van der Waals surface area contributed by atoms with Crippen molar-refractivity contribution in [2.45, 2.75) is 44.7 Å². The zero-order valence-electron chi connectivity index (χ0n) is 16.9. The minimum Gasteiger partial charge on any atom is -0.463 e. The third kappa shape index (κ3) is 4.77. The summed E-state index contributed by atoms with van der Waals surface area (Å²) in [4.78, 5) is 12.6. The fourth-order valence-corrected chi connectivity index (χ4v) is 4.18. The number of carbonyl (C=O) groups is 1. The molecule has 1 amide bonds. The first-order valence-corrected chi connectivity index (χ1v) is 10.5. The molecule has 4 heteroatoms. The van der Waals surface area contributed by atoms with Gasteiger partial charge in [-0.1, -0.05) is 48.5 Å². The van der Waals surface area contributed by atoms with E-state index in [0.29, 0.717) is 6.54 Å². The molecule has 1 aromatic heterocycles. The zero-order chi connectivity index (χ0) is 20.1. The van der Waals surface area contributed by atoms with Gasteiger partial charge in [0.1, 0.15) is 0 Å². The molecule has 3 aromatic rings. The first-order chi connectivity index (χ1) is 14.2. The van der Waals surface area contributed by atoms with Crippen LogP contribution in [0, 0.1) is 0 Å². The van der Waals surface area contributed by atoms with Gasteiger partial charge in [-0.15, -0.1) is 0 Å². The fraction of sp³-hybridized carbons (Fsp3) is 0.320. The van der Waals surface area contributed by atoms with Gasteiger partial charge in [0.2, 0.25) is 0 Å². The van der Waals surface area contributed by atoms with Crippen LogP contribution in [0.2, 0.25) is 0 Å².